The molecular formula is C15H11ClF3N3O. The van der Waals surface area contributed by atoms with Crippen molar-refractivity contribution in [1.29, 1.82) is 0 Å². The van der Waals surface area contributed by atoms with Crippen LogP contribution in [0.15, 0.2) is 41.2 Å². The molecule has 0 saturated carbocycles. The smallest absolute Gasteiger partial charge is 0.399 e. The average Bonchev–Trinajstić information content (AvgIpc) is 2.75. The zero-order valence-electron chi connectivity index (χ0n) is 11.6. The summed E-state index contributed by atoms with van der Waals surface area (Å²) in [5.41, 5.74) is 4.16. The third-order valence-electron chi connectivity index (χ3n) is 3.48. The second-order valence-electron chi connectivity index (χ2n) is 5.07. The highest BCUT2D eigenvalue weighted by Crippen LogP contribution is 2.36. The number of halogens is 4. The van der Waals surface area contributed by atoms with Crippen LogP contribution in [0.5, 0.6) is 0 Å². The van der Waals surface area contributed by atoms with E-state index in [4.69, 9.17) is 17.3 Å². The molecule has 23 heavy (non-hydrogen) atoms. The number of H-pyrrole nitrogens is 1. The largest absolute Gasteiger partial charge is 0.418 e. The Balaban J connectivity index is 2.27. The normalized spacial score (nSPS) is 12.0. The van der Waals surface area contributed by atoms with Crippen molar-refractivity contribution in [2.75, 3.05) is 5.73 Å². The fourth-order valence-corrected chi connectivity index (χ4v) is 2.69. The van der Waals surface area contributed by atoms with Crippen LogP contribution in [0.2, 0.25) is 5.02 Å². The highest BCUT2D eigenvalue weighted by molar-refractivity contribution is 6.31. The third kappa shape index (κ3) is 2.79. The topological polar surface area (TPSA) is 63.8 Å². The summed E-state index contributed by atoms with van der Waals surface area (Å²) in [5.74, 6) is 0. The molecule has 0 aliphatic rings. The lowest BCUT2D eigenvalue weighted by atomic mass is 10.1. The molecule has 3 rings (SSSR count). The van der Waals surface area contributed by atoms with Gasteiger partial charge in [-0.25, -0.2) is 4.79 Å². The van der Waals surface area contributed by atoms with E-state index in [9.17, 15) is 18.0 Å². The lowest BCUT2D eigenvalue weighted by molar-refractivity contribution is -0.136. The minimum absolute atomic E-state index is 0.0365. The van der Waals surface area contributed by atoms with E-state index in [0.29, 0.717) is 10.6 Å². The molecule has 3 aromatic rings. The molecule has 0 spiro atoms. The van der Waals surface area contributed by atoms with E-state index in [1.54, 1.807) is 24.3 Å². The van der Waals surface area contributed by atoms with Crippen molar-refractivity contribution in [1.82, 2.24) is 9.55 Å². The number of imidazole rings is 1. The first kappa shape index (κ1) is 15.5. The summed E-state index contributed by atoms with van der Waals surface area (Å²) in [6.07, 6.45) is -4.63. The van der Waals surface area contributed by atoms with Gasteiger partial charge in [0.15, 0.2) is 0 Å². The predicted molar refractivity (Wildman–Crippen MR) is 82.5 cm³/mol. The van der Waals surface area contributed by atoms with Crippen molar-refractivity contribution in [3.8, 4) is 0 Å². The second kappa shape index (κ2) is 5.34. The number of aromatic amines is 1. The van der Waals surface area contributed by atoms with Gasteiger partial charge >= 0.3 is 11.9 Å². The van der Waals surface area contributed by atoms with Gasteiger partial charge in [0.2, 0.25) is 0 Å². The van der Waals surface area contributed by atoms with Crippen LogP contribution in [0.3, 0.4) is 0 Å². The third-order valence-corrected chi connectivity index (χ3v) is 3.85. The molecule has 1 aromatic heterocycles. The molecule has 0 aliphatic carbocycles. The number of benzene rings is 2. The number of alkyl halides is 3. The summed E-state index contributed by atoms with van der Waals surface area (Å²) in [5, 5.41) is 0.373. The van der Waals surface area contributed by atoms with Crippen LogP contribution in [-0.4, -0.2) is 9.55 Å². The molecule has 0 bridgehead atoms. The molecule has 2 aromatic carbocycles. The SMILES string of the molecule is Nc1cc(C(F)(F)F)c2c(c1)[nH]c(=O)n2Cc1ccccc1Cl. The van der Waals surface area contributed by atoms with Crippen molar-refractivity contribution in [3.63, 3.8) is 0 Å². The molecule has 0 atom stereocenters. The molecule has 1 heterocycles. The number of nitrogen functional groups attached to an aromatic ring is 1. The lowest BCUT2D eigenvalue weighted by Crippen LogP contribution is -2.19. The first-order valence-corrected chi connectivity index (χ1v) is 6.98. The molecule has 120 valence electrons. The van der Waals surface area contributed by atoms with Gasteiger partial charge in [-0.05, 0) is 23.8 Å². The van der Waals surface area contributed by atoms with Crippen LogP contribution in [-0.2, 0) is 12.7 Å². The van der Waals surface area contributed by atoms with Crippen LogP contribution in [0.1, 0.15) is 11.1 Å². The van der Waals surface area contributed by atoms with Crippen molar-refractivity contribution in [3.05, 3.63) is 63.0 Å². The number of nitrogens with two attached hydrogens (primary N) is 1. The van der Waals surface area contributed by atoms with Crippen molar-refractivity contribution in [2.45, 2.75) is 12.7 Å². The van der Waals surface area contributed by atoms with Gasteiger partial charge in [-0.15, -0.1) is 0 Å². The summed E-state index contributed by atoms with van der Waals surface area (Å²) in [6, 6.07) is 8.78. The minimum Gasteiger partial charge on any atom is -0.399 e. The number of rotatable bonds is 2. The maximum absolute atomic E-state index is 13.3. The molecule has 3 N–H and O–H groups in total. The monoisotopic (exact) mass is 341 g/mol. The van der Waals surface area contributed by atoms with Crippen LogP contribution in [0.25, 0.3) is 11.0 Å². The Morgan fingerprint density at radius 2 is 1.91 bits per heavy atom. The van der Waals surface area contributed by atoms with Crippen LogP contribution in [0, 0.1) is 0 Å². The van der Waals surface area contributed by atoms with Crippen LogP contribution >= 0.6 is 11.6 Å². The first-order valence-electron chi connectivity index (χ1n) is 6.60. The second-order valence-corrected chi connectivity index (χ2v) is 5.48. The molecule has 0 unspecified atom stereocenters. The Kier molecular flexibility index (Phi) is 3.60. The summed E-state index contributed by atoms with van der Waals surface area (Å²) >= 11 is 6.03. The minimum atomic E-state index is -4.63. The zero-order valence-corrected chi connectivity index (χ0v) is 12.4. The van der Waals surface area contributed by atoms with Gasteiger partial charge in [-0.1, -0.05) is 29.8 Å². The van der Waals surface area contributed by atoms with Gasteiger partial charge in [-0.2, -0.15) is 13.2 Å². The van der Waals surface area contributed by atoms with Gasteiger partial charge in [-0.3, -0.25) is 4.57 Å². The van der Waals surface area contributed by atoms with Crippen molar-refractivity contribution >= 4 is 28.3 Å². The van der Waals surface area contributed by atoms with Gasteiger partial charge in [0.1, 0.15) is 0 Å². The van der Waals surface area contributed by atoms with Crippen LogP contribution < -0.4 is 11.4 Å². The van der Waals surface area contributed by atoms with Gasteiger partial charge in [0, 0.05) is 10.7 Å². The van der Waals surface area contributed by atoms with E-state index in [2.05, 4.69) is 4.98 Å². The van der Waals surface area contributed by atoms with Crippen LogP contribution in [0.4, 0.5) is 18.9 Å². The van der Waals surface area contributed by atoms with E-state index in [0.717, 1.165) is 10.6 Å². The Labute approximate surface area is 133 Å². The molecule has 0 saturated heterocycles. The van der Waals surface area contributed by atoms with E-state index in [1.807, 2.05) is 0 Å². The standard InChI is InChI=1S/C15H11ClF3N3O/c16-11-4-2-1-3-8(11)7-22-13-10(15(17,18)19)5-9(20)6-12(13)21-14(22)23/h1-6H,7,20H2,(H,21,23). The summed E-state index contributed by atoms with van der Waals surface area (Å²) in [7, 11) is 0. The number of fused-ring (bicyclic) bond motifs is 1. The fourth-order valence-electron chi connectivity index (χ4n) is 2.49. The molecular weight excluding hydrogens is 331 g/mol. The molecule has 0 fully saturated rings. The van der Waals surface area contributed by atoms with E-state index in [-0.39, 0.29) is 23.3 Å². The van der Waals surface area contributed by atoms with Crippen molar-refractivity contribution in [2.24, 2.45) is 0 Å². The predicted octanol–water partition coefficient (Wildman–Crippen LogP) is 3.63. The van der Waals surface area contributed by atoms with E-state index < -0.39 is 17.4 Å². The quantitative estimate of drug-likeness (QED) is 0.699. The Hall–Kier alpha value is -2.41. The lowest BCUT2D eigenvalue weighted by Gasteiger charge is -2.12. The zero-order chi connectivity index (χ0) is 16.8. The average molecular weight is 342 g/mol. The number of aromatic nitrogens is 2. The maximum atomic E-state index is 13.3. The number of nitrogens with zero attached hydrogens (tertiary/aromatic N) is 1. The molecule has 4 nitrogen and oxygen atoms in total. The molecule has 0 aliphatic heterocycles. The van der Waals surface area contributed by atoms with Gasteiger partial charge in [0.25, 0.3) is 0 Å². The first-order chi connectivity index (χ1) is 10.8. The molecule has 8 heteroatoms. The Morgan fingerprint density at radius 1 is 1.22 bits per heavy atom. The Bertz CT molecular complexity index is 943. The Morgan fingerprint density at radius 3 is 2.57 bits per heavy atom. The number of nitrogens with one attached hydrogen (secondary N) is 1. The summed E-state index contributed by atoms with van der Waals surface area (Å²) < 4.78 is 40.9. The summed E-state index contributed by atoms with van der Waals surface area (Å²) in [4.78, 5) is 14.5. The fraction of sp³-hybridized carbons (Fsp3) is 0.133. The highest BCUT2D eigenvalue weighted by Gasteiger charge is 2.35. The maximum Gasteiger partial charge on any atom is 0.418 e. The van der Waals surface area contributed by atoms with E-state index in [1.165, 1.54) is 6.07 Å². The number of hydrogen-bond acceptors (Lipinski definition) is 2. The summed E-state index contributed by atoms with van der Waals surface area (Å²) in [6.45, 7) is -0.0779. The van der Waals surface area contributed by atoms with Gasteiger partial charge < -0.3 is 10.7 Å². The molecule has 0 radical (unpaired) electrons. The highest BCUT2D eigenvalue weighted by atomic mass is 35.5. The molecule has 0 amide bonds. The number of hydrogen-bond donors (Lipinski definition) is 2. The van der Waals surface area contributed by atoms with Crippen molar-refractivity contribution < 1.29 is 13.2 Å². The number of anilines is 1. The van der Waals surface area contributed by atoms with Gasteiger partial charge in [0.05, 0.1) is 23.1 Å². The van der Waals surface area contributed by atoms with E-state index >= 15 is 0 Å².